The highest BCUT2D eigenvalue weighted by Gasteiger charge is 2.30. The van der Waals surface area contributed by atoms with Gasteiger partial charge in [0.2, 0.25) is 0 Å². The standard InChI is InChI=1S/C20H12F3N3O2/c1-28-19(27)15-8-17(14-3-5-16(6-4-14)20(21,22)23)18(26-11-15)7-2-13-9-24-12-25-10-13/h3-6,8-12H,1H3. The van der Waals surface area contributed by atoms with Gasteiger partial charge >= 0.3 is 12.1 Å². The van der Waals surface area contributed by atoms with Crippen LogP contribution in [0.4, 0.5) is 13.2 Å². The molecule has 0 unspecified atom stereocenters. The average molecular weight is 383 g/mol. The van der Waals surface area contributed by atoms with Crippen LogP contribution in [0.15, 0.2) is 55.2 Å². The maximum atomic E-state index is 12.8. The van der Waals surface area contributed by atoms with Crippen molar-refractivity contribution < 1.29 is 22.7 Å². The molecule has 3 rings (SSSR count). The molecule has 0 atom stereocenters. The minimum Gasteiger partial charge on any atom is -0.465 e. The highest BCUT2D eigenvalue weighted by molar-refractivity contribution is 5.91. The van der Waals surface area contributed by atoms with Crippen molar-refractivity contribution in [1.82, 2.24) is 15.0 Å². The number of methoxy groups -OCH3 is 1. The number of carbonyl (C=O) groups excluding carboxylic acids is 1. The first-order chi connectivity index (χ1) is 13.4. The second-order valence-electron chi connectivity index (χ2n) is 5.56. The Morgan fingerprint density at radius 2 is 1.71 bits per heavy atom. The summed E-state index contributed by atoms with van der Waals surface area (Å²) in [5.74, 6) is 5.06. The molecule has 3 aromatic rings. The van der Waals surface area contributed by atoms with Crippen LogP contribution >= 0.6 is 0 Å². The second-order valence-corrected chi connectivity index (χ2v) is 5.56. The van der Waals surface area contributed by atoms with E-state index in [1.165, 1.54) is 50.2 Å². The molecule has 0 saturated heterocycles. The molecule has 28 heavy (non-hydrogen) atoms. The summed E-state index contributed by atoms with van der Waals surface area (Å²) < 4.78 is 43.1. The second kappa shape index (κ2) is 7.88. The number of rotatable bonds is 2. The summed E-state index contributed by atoms with van der Waals surface area (Å²) in [4.78, 5) is 23.7. The smallest absolute Gasteiger partial charge is 0.416 e. The van der Waals surface area contributed by atoms with Crippen molar-refractivity contribution in [3.8, 4) is 23.0 Å². The quantitative estimate of drug-likeness (QED) is 0.498. The lowest BCUT2D eigenvalue weighted by Crippen LogP contribution is -2.05. The molecule has 0 radical (unpaired) electrons. The van der Waals surface area contributed by atoms with Gasteiger partial charge in [0.1, 0.15) is 12.0 Å². The molecule has 8 heteroatoms. The first kappa shape index (κ1) is 19.0. The van der Waals surface area contributed by atoms with E-state index in [0.29, 0.717) is 16.7 Å². The highest BCUT2D eigenvalue weighted by Crippen LogP contribution is 2.31. The van der Waals surface area contributed by atoms with Gasteiger partial charge in [-0.15, -0.1) is 0 Å². The zero-order valence-electron chi connectivity index (χ0n) is 14.5. The fraction of sp³-hybridized carbons (Fsp3) is 0.100. The van der Waals surface area contributed by atoms with Crippen LogP contribution in [-0.2, 0) is 10.9 Å². The molecule has 0 spiro atoms. The van der Waals surface area contributed by atoms with Gasteiger partial charge in [0.25, 0.3) is 0 Å². The van der Waals surface area contributed by atoms with E-state index in [1.807, 2.05) is 0 Å². The number of esters is 1. The van der Waals surface area contributed by atoms with Gasteiger partial charge in [-0.1, -0.05) is 18.1 Å². The predicted molar refractivity (Wildman–Crippen MR) is 94.0 cm³/mol. The van der Waals surface area contributed by atoms with E-state index < -0.39 is 17.7 Å². The van der Waals surface area contributed by atoms with Gasteiger partial charge in [-0.25, -0.2) is 19.7 Å². The van der Waals surface area contributed by atoms with E-state index in [0.717, 1.165) is 12.1 Å². The molecule has 0 aliphatic rings. The van der Waals surface area contributed by atoms with Crippen LogP contribution in [0.25, 0.3) is 11.1 Å². The van der Waals surface area contributed by atoms with Crippen LogP contribution in [-0.4, -0.2) is 28.0 Å². The zero-order valence-corrected chi connectivity index (χ0v) is 14.5. The first-order valence-corrected chi connectivity index (χ1v) is 7.91. The molecule has 2 heterocycles. The molecule has 5 nitrogen and oxygen atoms in total. The highest BCUT2D eigenvalue weighted by atomic mass is 19.4. The molecule has 0 fully saturated rings. The summed E-state index contributed by atoms with van der Waals surface area (Å²) in [6.45, 7) is 0. The number of alkyl halides is 3. The van der Waals surface area contributed by atoms with Crippen LogP contribution in [0.3, 0.4) is 0 Å². The maximum absolute atomic E-state index is 12.8. The number of pyridine rings is 1. The minimum atomic E-state index is -4.44. The molecular weight excluding hydrogens is 371 g/mol. The SMILES string of the molecule is COC(=O)c1cnc(C#Cc2cncnc2)c(-c2ccc(C(F)(F)F)cc2)c1. The monoisotopic (exact) mass is 383 g/mol. The molecule has 0 aliphatic carbocycles. The number of hydrogen-bond donors (Lipinski definition) is 0. The molecule has 0 N–H and O–H groups in total. The van der Waals surface area contributed by atoms with E-state index in [-0.39, 0.29) is 11.3 Å². The van der Waals surface area contributed by atoms with Gasteiger partial charge in [-0.3, -0.25) is 0 Å². The van der Waals surface area contributed by atoms with E-state index in [1.54, 1.807) is 0 Å². The topological polar surface area (TPSA) is 65.0 Å². The number of hydrogen-bond acceptors (Lipinski definition) is 5. The number of nitrogens with zero attached hydrogens (tertiary/aromatic N) is 3. The van der Waals surface area contributed by atoms with Gasteiger partial charge in [-0.05, 0) is 29.7 Å². The van der Waals surface area contributed by atoms with Crippen LogP contribution < -0.4 is 0 Å². The lowest BCUT2D eigenvalue weighted by atomic mass is 10.0. The predicted octanol–water partition coefficient (Wildman–Crippen LogP) is 3.74. The summed E-state index contributed by atoms with van der Waals surface area (Å²) >= 11 is 0. The summed E-state index contributed by atoms with van der Waals surface area (Å²) in [5, 5.41) is 0. The number of benzene rings is 1. The third-order valence-electron chi connectivity index (χ3n) is 3.72. The van der Waals surface area contributed by atoms with Crippen molar-refractivity contribution in [2.75, 3.05) is 7.11 Å². The molecule has 0 saturated carbocycles. The van der Waals surface area contributed by atoms with Crippen molar-refractivity contribution in [1.29, 1.82) is 0 Å². The molecule has 2 aromatic heterocycles. The van der Waals surface area contributed by atoms with Gasteiger partial charge in [0.05, 0.1) is 23.8 Å². The Morgan fingerprint density at radius 1 is 1.04 bits per heavy atom. The Balaban J connectivity index is 2.08. The Bertz CT molecular complexity index is 1050. The summed E-state index contributed by atoms with van der Waals surface area (Å²) in [5.41, 5.74) is 1.05. The van der Waals surface area contributed by atoms with Crippen LogP contribution in [0, 0.1) is 11.8 Å². The van der Waals surface area contributed by atoms with E-state index in [4.69, 9.17) is 0 Å². The van der Waals surface area contributed by atoms with E-state index in [2.05, 4.69) is 31.5 Å². The maximum Gasteiger partial charge on any atom is 0.416 e. The first-order valence-electron chi connectivity index (χ1n) is 7.91. The largest absolute Gasteiger partial charge is 0.465 e. The van der Waals surface area contributed by atoms with Crippen molar-refractivity contribution in [2.24, 2.45) is 0 Å². The Morgan fingerprint density at radius 3 is 2.32 bits per heavy atom. The number of ether oxygens (including phenoxy) is 1. The molecule has 0 amide bonds. The Labute approximate surface area is 158 Å². The molecule has 0 aliphatic heterocycles. The molecule has 0 bridgehead atoms. The van der Waals surface area contributed by atoms with Gasteiger partial charge in [-0.2, -0.15) is 13.2 Å². The van der Waals surface area contributed by atoms with Crippen LogP contribution in [0.5, 0.6) is 0 Å². The summed E-state index contributed by atoms with van der Waals surface area (Å²) in [6, 6.07) is 6.01. The number of aromatic nitrogens is 3. The third kappa shape index (κ3) is 4.32. The van der Waals surface area contributed by atoms with Crippen molar-refractivity contribution in [3.63, 3.8) is 0 Å². The molecule has 1 aromatic carbocycles. The fourth-order valence-corrected chi connectivity index (χ4v) is 2.35. The molecule has 140 valence electrons. The third-order valence-corrected chi connectivity index (χ3v) is 3.72. The van der Waals surface area contributed by atoms with E-state index >= 15 is 0 Å². The molecular formula is C20H12F3N3O2. The van der Waals surface area contributed by atoms with E-state index in [9.17, 15) is 18.0 Å². The number of halogens is 3. The van der Waals surface area contributed by atoms with Crippen molar-refractivity contribution in [2.45, 2.75) is 6.18 Å². The minimum absolute atomic E-state index is 0.158. The zero-order chi connectivity index (χ0) is 20.1. The lowest BCUT2D eigenvalue weighted by Gasteiger charge is -2.10. The van der Waals surface area contributed by atoms with Gasteiger partial charge < -0.3 is 4.74 Å². The lowest BCUT2D eigenvalue weighted by molar-refractivity contribution is -0.137. The van der Waals surface area contributed by atoms with Crippen molar-refractivity contribution >= 4 is 5.97 Å². The van der Waals surface area contributed by atoms with Gasteiger partial charge in [0.15, 0.2) is 0 Å². The average Bonchev–Trinajstić information content (AvgIpc) is 2.72. The Hall–Kier alpha value is -3.73. The normalized spacial score (nSPS) is 10.7. The van der Waals surface area contributed by atoms with Crippen LogP contribution in [0.2, 0.25) is 0 Å². The number of carbonyl (C=O) groups is 1. The summed E-state index contributed by atoms with van der Waals surface area (Å²) in [7, 11) is 1.23. The van der Waals surface area contributed by atoms with Gasteiger partial charge in [0, 0.05) is 24.2 Å². The van der Waals surface area contributed by atoms with Crippen molar-refractivity contribution in [3.05, 3.63) is 77.6 Å². The fourth-order valence-electron chi connectivity index (χ4n) is 2.35. The summed E-state index contributed by atoms with van der Waals surface area (Å²) in [6.07, 6.45) is 1.25. The Kier molecular flexibility index (Phi) is 5.36. The van der Waals surface area contributed by atoms with Crippen LogP contribution in [0.1, 0.15) is 27.2 Å².